The minimum atomic E-state index is -0.378. The molecule has 4 rings (SSSR count). The van der Waals surface area contributed by atoms with E-state index >= 15 is 0 Å². The number of benzene rings is 3. The van der Waals surface area contributed by atoms with Crippen LogP contribution in [0.2, 0.25) is 0 Å². The summed E-state index contributed by atoms with van der Waals surface area (Å²) in [6.07, 6.45) is 0.655. The Balaban J connectivity index is 1.38. The number of carbonyl (C=O) groups is 2. The Hall–Kier alpha value is -3.87. The first-order valence-electron chi connectivity index (χ1n) is 10.5. The predicted molar refractivity (Wildman–Crippen MR) is 120 cm³/mol. The fourth-order valence-corrected chi connectivity index (χ4v) is 3.57. The summed E-state index contributed by atoms with van der Waals surface area (Å²) in [6, 6.07) is 21.9. The molecule has 164 valence electrons. The number of nitrogens with one attached hydrogen (secondary N) is 1. The standard InChI is InChI=1S/C25H24FN3O3/c26-20-13-11-19(12-14-20)24(30)28-15-6-16-29(18-17-28)25(31)27-22-9-4-5-10-23(22)32-21-7-2-1-3-8-21/h1-5,7-14H,6,15-18H2,(H,27,31). The van der Waals surface area contributed by atoms with Gasteiger partial charge in [-0.05, 0) is 55.0 Å². The number of rotatable bonds is 4. The number of anilines is 1. The molecule has 1 aliphatic heterocycles. The van der Waals surface area contributed by atoms with Crippen LogP contribution in [0.5, 0.6) is 11.5 Å². The molecule has 0 spiro atoms. The highest BCUT2D eigenvalue weighted by molar-refractivity contribution is 5.94. The zero-order valence-electron chi connectivity index (χ0n) is 17.5. The molecule has 1 saturated heterocycles. The second-order valence-electron chi connectivity index (χ2n) is 7.48. The highest BCUT2D eigenvalue weighted by Crippen LogP contribution is 2.29. The van der Waals surface area contributed by atoms with Crippen LogP contribution in [0.15, 0.2) is 78.9 Å². The number of halogens is 1. The van der Waals surface area contributed by atoms with Gasteiger partial charge in [-0.25, -0.2) is 9.18 Å². The molecule has 0 unspecified atom stereocenters. The van der Waals surface area contributed by atoms with Crippen molar-refractivity contribution in [2.24, 2.45) is 0 Å². The van der Waals surface area contributed by atoms with E-state index in [-0.39, 0.29) is 17.8 Å². The molecule has 1 aliphatic rings. The average Bonchev–Trinajstić information content (AvgIpc) is 3.08. The molecule has 0 saturated carbocycles. The zero-order chi connectivity index (χ0) is 22.3. The fraction of sp³-hybridized carbons (Fsp3) is 0.200. The maximum atomic E-state index is 13.1. The number of para-hydroxylation sites is 3. The summed E-state index contributed by atoms with van der Waals surface area (Å²) in [6.45, 7) is 1.88. The molecule has 3 aromatic rings. The van der Waals surface area contributed by atoms with Crippen LogP contribution in [-0.4, -0.2) is 47.9 Å². The molecule has 32 heavy (non-hydrogen) atoms. The molecule has 1 heterocycles. The van der Waals surface area contributed by atoms with Gasteiger partial charge in [0.2, 0.25) is 0 Å². The average molecular weight is 433 g/mol. The lowest BCUT2D eigenvalue weighted by Crippen LogP contribution is -2.39. The maximum absolute atomic E-state index is 13.1. The summed E-state index contributed by atoms with van der Waals surface area (Å²) in [5, 5.41) is 2.93. The molecule has 0 radical (unpaired) electrons. The zero-order valence-corrected chi connectivity index (χ0v) is 17.5. The number of ether oxygens (including phenoxy) is 1. The normalized spacial score (nSPS) is 13.9. The van der Waals surface area contributed by atoms with Gasteiger partial charge >= 0.3 is 6.03 Å². The Morgan fingerprint density at radius 2 is 1.44 bits per heavy atom. The summed E-state index contributed by atoms with van der Waals surface area (Å²) >= 11 is 0. The van der Waals surface area contributed by atoms with E-state index in [0.29, 0.717) is 55.3 Å². The SMILES string of the molecule is O=C(Nc1ccccc1Oc1ccccc1)N1CCCN(C(=O)c2ccc(F)cc2)CC1. The molecular formula is C25H24FN3O3. The molecule has 1 fully saturated rings. The first kappa shape index (κ1) is 21.4. The number of hydrogen-bond acceptors (Lipinski definition) is 3. The van der Waals surface area contributed by atoms with Crippen LogP contribution in [0.4, 0.5) is 14.9 Å². The van der Waals surface area contributed by atoms with Crippen molar-refractivity contribution in [3.05, 3.63) is 90.2 Å². The van der Waals surface area contributed by atoms with E-state index in [9.17, 15) is 14.0 Å². The van der Waals surface area contributed by atoms with Crippen molar-refractivity contribution >= 4 is 17.6 Å². The van der Waals surface area contributed by atoms with Gasteiger partial charge in [0.1, 0.15) is 11.6 Å². The second kappa shape index (κ2) is 9.96. The first-order chi connectivity index (χ1) is 15.6. The molecule has 1 N–H and O–H groups in total. The maximum Gasteiger partial charge on any atom is 0.322 e. The minimum Gasteiger partial charge on any atom is -0.455 e. The highest BCUT2D eigenvalue weighted by atomic mass is 19.1. The lowest BCUT2D eigenvalue weighted by molar-refractivity contribution is 0.0762. The van der Waals surface area contributed by atoms with E-state index in [4.69, 9.17) is 4.74 Å². The van der Waals surface area contributed by atoms with Gasteiger partial charge < -0.3 is 19.9 Å². The second-order valence-corrected chi connectivity index (χ2v) is 7.48. The van der Waals surface area contributed by atoms with Crippen LogP contribution >= 0.6 is 0 Å². The summed E-state index contributed by atoms with van der Waals surface area (Å²) in [5.41, 5.74) is 1.01. The lowest BCUT2D eigenvalue weighted by atomic mass is 10.2. The van der Waals surface area contributed by atoms with Crippen molar-refractivity contribution in [3.63, 3.8) is 0 Å². The third kappa shape index (κ3) is 5.24. The number of amides is 3. The quantitative estimate of drug-likeness (QED) is 0.630. The van der Waals surface area contributed by atoms with E-state index < -0.39 is 0 Å². The number of carbonyl (C=O) groups excluding carboxylic acids is 2. The Kier molecular flexibility index (Phi) is 6.65. The molecule has 0 bridgehead atoms. The molecule has 0 aromatic heterocycles. The van der Waals surface area contributed by atoms with Crippen molar-refractivity contribution in [3.8, 4) is 11.5 Å². The number of hydrogen-bond donors (Lipinski definition) is 1. The van der Waals surface area contributed by atoms with Crippen LogP contribution in [-0.2, 0) is 0 Å². The van der Waals surface area contributed by atoms with Gasteiger partial charge in [0.15, 0.2) is 5.75 Å². The van der Waals surface area contributed by atoms with Gasteiger partial charge in [-0.15, -0.1) is 0 Å². The van der Waals surface area contributed by atoms with Crippen molar-refractivity contribution < 1.29 is 18.7 Å². The predicted octanol–water partition coefficient (Wildman–Crippen LogP) is 5.00. The Labute approximate surface area is 186 Å². The number of urea groups is 1. The molecule has 0 atom stereocenters. The van der Waals surface area contributed by atoms with Crippen molar-refractivity contribution in [1.82, 2.24) is 9.80 Å². The van der Waals surface area contributed by atoms with Crippen LogP contribution in [0.1, 0.15) is 16.8 Å². The van der Waals surface area contributed by atoms with Crippen LogP contribution in [0.3, 0.4) is 0 Å². The molecule has 7 heteroatoms. The van der Waals surface area contributed by atoms with Gasteiger partial charge in [0.25, 0.3) is 5.91 Å². The van der Waals surface area contributed by atoms with Gasteiger partial charge in [-0.3, -0.25) is 4.79 Å². The van der Waals surface area contributed by atoms with E-state index in [0.717, 1.165) is 0 Å². The molecule has 0 aliphatic carbocycles. The Morgan fingerprint density at radius 1 is 0.781 bits per heavy atom. The van der Waals surface area contributed by atoms with Gasteiger partial charge in [0, 0.05) is 31.7 Å². The number of nitrogens with zero attached hydrogens (tertiary/aromatic N) is 2. The molecular weight excluding hydrogens is 409 g/mol. The van der Waals surface area contributed by atoms with E-state index in [1.807, 2.05) is 42.5 Å². The molecule has 3 aromatic carbocycles. The Bertz CT molecular complexity index is 1070. The van der Waals surface area contributed by atoms with Crippen LogP contribution < -0.4 is 10.1 Å². The largest absolute Gasteiger partial charge is 0.455 e. The smallest absolute Gasteiger partial charge is 0.322 e. The van der Waals surface area contributed by atoms with Gasteiger partial charge in [-0.2, -0.15) is 0 Å². The Morgan fingerprint density at radius 3 is 2.22 bits per heavy atom. The minimum absolute atomic E-state index is 0.158. The van der Waals surface area contributed by atoms with Crippen LogP contribution in [0.25, 0.3) is 0 Å². The fourth-order valence-electron chi connectivity index (χ4n) is 3.57. The summed E-state index contributed by atoms with van der Waals surface area (Å²) in [4.78, 5) is 29.0. The van der Waals surface area contributed by atoms with Gasteiger partial charge in [0.05, 0.1) is 5.69 Å². The summed E-state index contributed by atoms with van der Waals surface area (Å²) < 4.78 is 19.1. The summed E-state index contributed by atoms with van der Waals surface area (Å²) in [7, 11) is 0. The third-order valence-corrected chi connectivity index (χ3v) is 5.26. The third-order valence-electron chi connectivity index (χ3n) is 5.26. The summed E-state index contributed by atoms with van der Waals surface area (Å²) in [5.74, 6) is 0.694. The van der Waals surface area contributed by atoms with E-state index in [1.54, 1.807) is 21.9 Å². The first-order valence-corrected chi connectivity index (χ1v) is 10.5. The molecule has 6 nitrogen and oxygen atoms in total. The van der Waals surface area contributed by atoms with Gasteiger partial charge in [-0.1, -0.05) is 30.3 Å². The molecule has 3 amide bonds. The van der Waals surface area contributed by atoms with Crippen molar-refractivity contribution in [2.75, 3.05) is 31.5 Å². The van der Waals surface area contributed by atoms with E-state index in [1.165, 1.54) is 24.3 Å². The van der Waals surface area contributed by atoms with E-state index in [2.05, 4.69) is 5.32 Å². The van der Waals surface area contributed by atoms with Crippen molar-refractivity contribution in [2.45, 2.75) is 6.42 Å². The topological polar surface area (TPSA) is 61.9 Å². The highest BCUT2D eigenvalue weighted by Gasteiger charge is 2.23. The van der Waals surface area contributed by atoms with Crippen LogP contribution in [0, 0.1) is 5.82 Å². The monoisotopic (exact) mass is 433 g/mol. The lowest BCUT2D eigenvalue weighted by Gasteiger charge is -2.23. The van der Waals surface area contributed by atoms with Crippen molar-refractivity contribution in [1.29, 1.82) is 0 Å².